The van der Waals surface area contributed by atoms with Gasteiger partial charge in [-0.3, -0.25) is 33.6 Å². The van der Waals surface area contributed by atoms with Crippen LogP contribution in [0.3, 0.4) is 0 Å². The van der Waals surface area contributed by atoms with Crippen LogP contribution in [0.5, 0.6) is 0 Å². The number of rotatable bonds is 14. The summed E-state index contributed by atoms with van der Waals surface area (Å²) in [6, 6.07) is -3.99. The topological polar surface area (TPSA) is 187 Å². The van der Waals surface area contributed by atoms with Gasteiger partial charge in [0, 0.05) is 24.7 Å². The molecular weight excluding hydrogens is 741 g/mol. The van der Waals surface area contributed by atoms with Gasteiger partial charge in [0.05, 0.1) is 15.7 Å². The zero-order valence-electron chi connectivity index (χ0n) is 33.5. The van der Waals surface area contributed by atoms with Crippen LogP contribution in [0.4, 0.5) is 0 Å². The maximum absolute atomic E-state index is 14.9. The molecule has 0 aromatic carbocycles. The molecule has 0 bridgehead atoms. The summed E-state index contributed by atoms with van der Waals surface area (Å²) in [7, 11) is 0. The highest BCUT2D eigenvalue weighted by Crippen LogP contribution is 2.50. The number of aromatic nitrogens is 1. The van der Waals surface area contributed by atoms with Gasteiger partial charge in [-0.05, 0) is 87.7 Å². The SMILES string of the molecule is CCCC(NC(=O)C1CC2(CN1C(=O)C(NC(=O)C(NC(=O)c1[nH]c(C)c(C)c1C(C)=O)C1CCCCC1)C(C)(C)C)SCCCS2)C(=O)C(=O)NC1CC1. The fourth-order valence-corrected chi connectivity index (χ4v) is 11.4. The first-order valence-electron chi connectivity index (χ1n) is 20.0. The number of hydrogen-bond acceptors (Lipinski definition) is 9. The van der Waals surface area contributed by atoms with E-state index in [1.54, 1.807) is 42.3 Å². The number of likely N-dealkylation sites (tertiary alicyclic amines) is 1. The number of nitrogens with zero attached hydrogens (tertiary/aromatic N) is 1. The minimum absolute atomic E-state index is 0.00645. The molecule has 2 aliphatic heterocycles. The quantitative estimate of drug-likeness (QED) is 0.135. The van der Waals surface area contributed by atoms with Gasteiger partial charge in [0.15, 0.2) is 5.78 Å². The van der Waals surface area contributed by atoms with Crippen LogP contribution in [0.1, 0.15) is 137 Å². The molecule has 5 amide bonds. The Hall–Kier alpha value is -3.33. The van der Waals surface area contributed by atoms with Crippen LogP contribution >= 0.6 is 23.5 Å². The maximum atomic E-state index is 14.9. The molecule has 5 rings (SSSR count). The zero-order chi connectivity index (χ0) is 40.2. The van der Waals surface area contributed by atoms with Crippen molar-refractivity contribution < 1.29 is 33.6 Å². The predicted octanol–water partition coefficient (Wildman–Crippen LogP) is 4.34. The number of aromatic amines is 1. The van der Waals surface area contributed by atoms with Crippen LogP contribution in [-0.4, -0.2) is 103 Å². The number of ketones is 2. The van der Waals surface area contributed by atoms with Crippen LogP contribution in [-0.2, 0) is 24.0 Å². The van der Waals surface area contributed by atoms with E-state index in [2.05, 4.69) is 26.3 Å². The molecule has 4 aliphatic rings. The van der Waals surface area contributed by atoms with Gasteiger partial charge in [0.1, 0.15) is 23.8 Å². The van der Waals surface area contributed by atoms with Crippen LogP contribution in [0.2, 0.25) is 0 Å². The Morgan fingerprint density at radius 1 is 0.909 bits per heavy atom. The molecule has 1 aromatic rings. The lowest BCUT2D eigenvalue weighted by Crippen LogP contribution is -2.62. The molecule has 13 nitrogen and oxygen atoms in total. The van der Waals surface area contributed by atoms with E-state index in [1.807, 2.05) is 27.7 Å². The third-order valence-corrected chi connectivity index (χ3v) is 14.7. The maximum Gasteiger partial charge on any atom is 0.289 e. The monoisotopic (exact) mass is 800 g/mol. The van der Waals surface area contributed by atoms with E-state index in [9.17, 15) is 33.6 Å². The number of hydrogen-bond donors (Lipinski definition) is 5. The molecule has 4 fully saturated rings. The molecule has 4 atom stereocenters. The number of carbonyl (C=O) groups excluding carboxylic acids is 7. The fraction of sp³-hybridized carbons (Fsp3) is 0.725. The Morgan fingerprint density at radius 3 is 2.15 bits per heavy atom. The molecule has 5 N–H and O–H groups in total. The number of aryl methyl sites for hydroxylation is 1. The van der Waals surface area contributed by atoms with E-state index in [0.29, 0.717) is 24.1 Å². The molecular formula is C40H60N6O7S2. The summed E-state index contributed by atoms with van der Waals surface area (Å²) >= 11 is 3.47. The molecule has 2 saturated carbocycles. The molecule has 2 aliphatic carbocycles. The van der Waals surface area contributed by atoms with E-state index < -0.39 is 69.0 Å². The van der Waals surface area contributed by atoms with Crippen molar-refractivity contribution in [3.8, 4) is 0 Å². The van der Waals surface area contributed by atoms with Gasteiger partial charge in [-0.1, -0.05) is 53.4 Å². The van der Waals surface area contributed by atoms with Crippen molar-refractivity contribution in [1.82, 2.24) is 31.2 Å². The largest absolute Gasteiger partial charge is 0.354 e. The first-order valence-corrected chi connectivity index (χ1v) is 22.0. The highest BCUT2D eigenvalue weighted by molar-refractivity contribution is 8.18. The van der Waals surface area contributed by atoms with Crippen molar-refractivity contribution in [2.24, 2.45) is 11.3 Å². The molecule has 2 saturated heterocycles. The van der Waals surface area contributed by atoms with Gasteiger partial charge in [0.2, 0.25) is 23.5 Å². The molecule has 3 heterocycles. The molecule has 15 heteroatoms. The summed E-state index contributed by atoms with van der Waals surface area (Å²) in [5.74, 6) is -2.03. The van der Waals surface area contributed by atoms with Crippen molar-refractivity contribution in [2.75, 3.05) is 18.1 Å². The lowest BCUT2D eigenvalue weighted by atomic mass is 9.82. The third kappa shape index (κ3) is 10.2. The minimum atomic E-state index is -1.06. The number of amides is 5. The summed E-state index contributed by atoms with van der Waals surface area (Å²) in [4.78, 5) is 101. The third-order valence-electron chi connectivity index (χ3n) is 11.4. The van der Waals surface area contributed by atoms with E-state index in [4.69, 9.17) is 0 Å². The number of H-pyrrole nitrogens is 1. The highest BCUT2D eigenvalue weighted by atomic mass is 32.2. The van der Waals surface area contributed by atoms with Crippen LogP contribution < -0.4 is 21.3 Å². The lowest BCUT2D eigenvalue weighted by molar-refractivity contribution is -0.145. The molecule has 304 valence electrons. The van der Waals surface area contributed by atoms with E-state index in [0.717, 1.165) is 62.9 Å². The van der Waals surface area contributed by atoms with Gasteiger partial charge in [-0.15, -0.1) is 23.5 Å². The first kappa shape index (κ1) is 42.8. The Kier molecular flexibility index (Phi) is 13.9. The van der Waals surface area contributed by atoms with Gasteiger partial charge in [-0.2, -0.15) is 0 Å². The van der Waals surface area contributed by atoms with Crippen molar-refractivity contribution in [3.05, 3.63) is 22.5 Å². The summed E-state index contributed by atoms with van der Waals surface area (Å²) in [5.41, 5.74) is 0.975. The van der Waals surface area contributed by atoms with Crippen molar-refractivity contribution in [2.45, 2.75) is 153 Å². The van der Waals surface area contributed by atoms with Crippen LogP contribution in [0.15, 0.2) is 0 Å². The van der Waals surface area contributed by atoms with Gasteiger partial charge < -0.3 is 31.2 Å². The molecule has 4 unspecified atom stereocenters. The number of Topliss-reactive ketones (excluding diaryl/α,β-unsaturated/α-hetero) is 2. The Bertz CT molecular complexity index is 1650. The fourth-order valence-electron chi connectivity index (χ4n) is 8.05. The van der Waals surface area contributed by atoms with Crippen LogP contribution in [0.25, 0.3) is 0 Å². The van der Waals surface area contributed by atoms with Gasteiger partial charge >= 0.3 is 0 Å². The molecule has 1 spiro atoms. The normalized spacial score (nSPS) is 21.7. The summed E-state index contributed by atoms with van der Waals surface area (Å²) in [6.07, 6.45) is 8.13. The van der Waals surface area contributed by atoms with E-state index in [1.165, 1.54) is 6.92 Å². The second-order valence-electron chi connectivity index (χ2n) is 16.9. The summed E-state index contributed by atoms with van der Waals surface area (Å²) in [5, 5.41) is 11.6. The Labute approximate surface area is 333 Å². The Balaban J connectivity index is 1.41. The number of thioether (sulfide) groups is 2. The molecule has 1 aromatic heterocycles. The number of nitrogens with one attached hydrogen (secondary N) is 5. The smallest absolute Gasteiger partial charge is 0.289 e. The molecule has 0 radical (unpaired) electrons. The zero-order valence-corrected chi connectivity index (χ0v) is 35.1. The first-order chi connectivity index (χ1) is 26.0. The van der Waals surface area contributed by atoms with Crippen molar-refractivity contribution in [1.29, 1.82) is 0 Å². The van der Waals surface area contributed by atoms with E-state index >= 15 is 0 Å². The second-order valence-corrected chi connectivity index (χ2v) is 20.2. The summed E-state index contributed by atoms with van der Waals surface area (Å²) < 4.78 is -0.435. The minimum Gasteiger partial charge on any atom is -0.354 e. The average molecular weight is 801 g/mol. The van der Waals surface area contributed by atoms with Crippen molar-refractivity contribution in [3.63, 3.8) is 0 Å². The average Bonchev–Trinajstić information content (AvgIpc) is 3.81. The predicted molar refractivity (Wildman–Crippen MR) is 215 cm³/mol. The van der Waals surface area contributed by atoms with Crippen LogP contribution in [0, 0.1) is 25.2 Å². The standard InChI is InChI=1S/C40H60N6O7S2/c1-8-13-27(32(48)37(52)42-26-16-17-26)43-34(49)28-20-40(54-18-12-19-55-40)21-46(28)38(53)33(39(5,6)7)45-35(50)30(25-14-10-9-11-15-25)44-36(51)31-29(24(4)47)22(2)23(3)41-31/h25-28,30,33,41H,8-21H2,1-7H3,(H,42,52)(H,43,49)(H,44,51)(H,45,50). The Morgan fingerprint density at radius 2 is 1.56 bits per heavy atom. The lowest BCUT2D eigenvalue weighted by Gasteiger charge is -2.38. The second kappa shape index (κ2) is 17.9. The number of carbonyl (C=O) groups is 7. The van der Waals surface area contributed by atoms with Gasteiger partial charge in [-0.25, -0.2) is 0 Å². The highest BCUT2D eigenvalue weighted by Gasteiger charge is 2.53. The van der Waals surface area contributed by atoms with Gasteiger partial charge in [0.25, 0.3) is 11.8 Å². The molecule has 55 heavy (non-hydrogen) atoms. The van der Waals surface area contributed by atoms with Crippen molar-refractivity contribution >= 4 is 64.6 Å². The summed E-state index contributed by atoms with van der Waals surface area (Å²) in [6.45, 7) is 12.7. The van der Waals surface area contributed by atoms with E-state index in [-0.39, 0.29) is 42.0 Å².